The summed E-state index contributed by atoms with van der Waals surface area (Å²) in [6.45, 7) is 2.91. The Morgan fingerprint density at radius 1 is 1.43 bits per heavy atom. The highest BCUT2D eigenvalue weighted by molar-refractivity contribution is 5.37. The number of nitrogens with two attached hydrogens (primary N) is 1. The van der Waals surface area contributed by atoms with Gasteiger partial charge in [-0.3, -0.25) is 5.84 Å². The molecule has 0 bridgehead atoms. The molecule has 0 heterocycles. The van der Waals surface area contributed by atoms with Crippen LogP contribution in [-0.2, 0) is 6.42 Å². The first-order valence-corrected chi connectivity index (χ1v) is 4.73. The van der Waals surface area contributed by atoms with Gasteiger partial charge in [0.15, 0.2) is 0 Å². The number of likely N-dealkylation sites (N-methyl/N-ethyl adjacent to an activating group) is 1. The third kappa shape index (κ3) is 3.01. The highest BCUT2D eigenvalue weighted by Crippen LogP contribution is 2.19. The van der Waals surface area contributed by atoms with Crippen LogP contribution in [0.15, 0.2) is 18.2 Å². The third-order valence-electron chi connectivity index (χ3n) is 2.17. The van der Waals surface area contributed by atoms with Crippen LogP contribution in [0.3, 0.4) is 0 Å². The van der Waals surface area contributed by atoms with E-state index in [1.54, 1.807) is 12.1 Å². The van der Waals surface area contributed by atoms with Crippen molar-refractivity contribution < 1.29 is 4.74 Å². The van der Waals surface area contributed by atoms with Gasteiger partial charge in [0.2, 0.25) is 0 Å². The monoisotopic (exact) mass is 194 g/mol. The Morgan fingerprint density at radius 3 is 2.71 bits per heavy atom. The van der Waals surface area contributed by atoms with Crippen LogP contribution in [0, 0.1) is 6.92 Å². The Balaban J connectivity index is 2.77. The maximum atomic E-state index is 5.56. The van der Waals surface area contributed by atoms with Crippen LogP contribution in [0.4, 0.5) is 0 Å². The number of nitrogens with zero attached hydrogens (tertiary/aromatic N) is 1. The third-order valence-corrected chi connectivity index (χ3v) is 2.17. The lowest BCUT2D eigenvalue weighted by atomic mass is 10.1. The van der Waals surface area contributed by atoms with Crippen molar-refractivity contribution >= 4 is 0 Å². The zero-order valence-corrected chi connectivity index (χ0v) is 9.08. The summed E-state index contributed by atoms with van der Waals surface area (Å²) in [6.07, 6.45) is 0.915. The molecule has 2 N–H and O–H groups in total. The maximum absolute atomic E-state index is 5.56. The summed E-state index contributed by atoms with van der Waals surface area (Å²) in [6, 6.07) is 6.19. The fourth-order valence-electron chi connectivity index (χ4n) is 1.40. The molecule has 0 unspecified atom stereocenters. The molecular weight excluding hydrogens is 176 g/mol. The summed E-state index contributed by atoms with van der Waals surface area (Å²) < 4.78 is 5.27. The van der Waals surface area contributed by atoms with Crippen molar-refractivity contribution in [3.63, 3.8) is 0 Å². The summed E-state index contributed by atoms with van der Waals surface area (Å²) in [7, 11) is 3.56. The zero-order valence-electron chi connectivity index (χ0n) is 9.08. The predicted molar refractivity (Wildman–Crippen MR) is 58.3 cm³/mol. The molecule has 0 radical (unpaired) electrons. The molecule has 0 aliphatic heterocycles. The fraction of sp³-hybridized carbons (Fsp3) is 0.455. The molecule has 0 aliphatic rings. The van der Waals surface area contributed by atoms with Gasteiger partial charge < -0.3 is 4.74 Å². The smallest absolute Gasteiger partial charge is 0.122 e. The summed E-state index contributed by atoms with van der Waals surface area (Å²) in [4.78, 5) is 0. The summed E-state index contributed by atoms with van der Waals surface area (Å²) in [5, 5.41) is 1.68. The Labute approximate surface area is 85.4 Å². The van der Waals surface area contributed by atoms with Crippen molar-refractivity contribution in [1.29, 1.82) is 0 Å². The van der Waals surface area contributed by atoms with Crippen molar-refractivity contribution in [2.75, 3.05) is 20.7 Å². The van der Waals surface area contributed by atoms with E-state index in [0.29, 0.717) is 0 Å². The molecule has 0 atom stereocenters. The molecular formula is C11H18N2O. The lowest BCUT2D eigenvalue weighted by molar-refractivity contribution is 0.349. The topological polar surface area (TPSA) is 38.5 Å². The number of hydrazine groups is 1. The Morgan fingerprint density at radius 2 is 2.14 bits per heavy atom. The largest absolute Gasteiger partial charge is 0.496 e. The molecule has 0 saturated heterocycles. The van der Waals surface area contributed by atoms with E-state index in [2.05, 4.69) is 19.1 Å². The molecule has 1 aromatic carbocycles. The summed E-state index contributed by atoms with van der Waals surface area (Å²) in [5.41, 5.74) is 2.46. The number of aryl methyl sites for hydroxylation is 1. The minimum atomic E-state index is 0.833. The van der Waals surface area contributed by atoms with Crippen molar-refractivity contribution in [2.45, 2.75) is 13.3 Å². The van der Waals surface area contributed by atoms with Gasteiger partial charge in [0.05, 0.1) is 7.11 Å². The predicted octanol–water partition coefficient (Wildman–Crippen LogP) is 1.35. The van der Waals surface area contributed by atoms with E-state index in [-0.39, 0.29) is 0 Å². The van der Waals surface area contributed by atoms with E-state index in [4.69, 9.17) is 10.6 Å². The number of methoxy groups -OCH3 is 1. The average Bonchev–Trinajstić information content (AvgIpc) is 2.15. The van der Waals surface area contributed by atoms with Crippen molar-refractivity contribution in [3.8, 4) is 5.75 Å². The summed E-state index contributed by atoms with van der Waals surface area (Å²) in [5.74, 6) is 6.50. The van der Waals surface area contributed by atoms with Crippen LogP contribution in [0.5, 0.6) is 5.75 Å². The van der Waals surface area contributed by atoms with E-state index in [1.807, 2.05) is 13.1 Å². The van der Waals surface area contributed by atoms with Crippen molar-refractivity contribution in [3.05, 3.63) is 29.3 Å². The number of hydrogen-bond donors (Lipinski definition) is 1. The molecule has 0 amide bonds. The fourth-order valence-corrected chi connectivity index (χ4v) is 1.40. The molecule has 1 rings (SSSR count). The summed E-state index contributed by atoms with van der Waals surface area (Å²) >= 11 is 0. The van der Waals surface area contributed by atoms with Crippen LogP contribution in [0.25, 0.3) is 0 Å². The van der Waals surface area contributed by atoms with Crippen molar-refractivity contribution in [1.82, 2.24) is 5.01 Å². The number of benzene rings is 1. The molecule has 0 aromatic heterocycles. The number of rotatable bonds is 4. The van der Waals surface area contributed by atoms with Gasteiger partial charge in [-0.15, -0.1) is 0 Å². The van der Waals surface area contributed by atoms with Crippen LogP contribution >= 0.6 is 0 Å². The molecule has 1 aromatic rings. The van der Waals surface area contributed by atoms with Gasteiger partial charge in [-0.1, -0.05) is 17.7 Å². The Bertz CT molecular complexity index is 297. The van der Waals surface area contributed by atoms with Gasteiger partial charge in [-0.05, 0) is 25.0 Å². The normalized spacial score (nSPS) is 10.6. The quantitative estimate of drug-likeness (QED) is 0.581. The van der Waals surface area contributed by atoms with Gasteiger partial charge in [0.1, 0.15) is 5.75 Å². The van der Waals surface area contributed by atoms with Gasteiger partial charge >= 0.3 is 0 Å². The SMILES string of the molecule is COc1ccc(C)cc1CCN(C)N. The molecule has 0 saturated carbocycles. The number of hydrogen-bond acceptors (Lipinski definition) is 3. The lowest BCUT2D eigenvalue weighted by Gasteiger charge is -2.12. The lowest BCUT2D eigenvalue weighted by Crippen LogP contribution is -2.28. The molecule has 0 spiro atoms. The number of ether oxygens (including phenoxy) is 1. The second-order valence-corrected chi connectivity index (χ2v) is 3.55. The second kappa shape index (κ2) is 4.98. The van der Waals surface area contributed by atoms with Gasteiger partial charge in [-0.25, -0.2) is 5.01 Å². The standard InChI is InChI=1S/C11H18N2O/c1-9-4-5-11(14-3)10(8-9)6-7-13(2)12/h4-5,8H,6-7,12H2,1-3H3. The first kappa shape index (κ1) is 11.0. The maximum Gasteiger partial charge on any atom is 0.122 e. The van der Waals surface area contributed by atoms with E-state index < -0.39 is 0 Å². The van der Waals surface area contributed by atoms with E-state index in [0.717, 1.165) is 18.7 Å². The van der Waals surface area contributed by atoms with E-state index in [1.165, 1.54) is 11.1 Å². The van der Waals surface area contributed by atoms with Crippen LogP contribution in [0.1, 0.15) is 11.1 Å². The van der Waals surface area contributed by atoms with Crippen LogP contribution < -0.4 is 10.6 Å². The van der Waals surface area contributed by atoms with Crippen molar-refractivity contribution in [2.24, 2.45) is 5.84 Å². The Hall–Kier alpha value is -1.06. The Kier molecular flexibility index (Phi) is 3.92. The molecule has 14 heavy (non-hydrogen) atoms. The van der Waals surface area contributed by atoms with Crippen LogP contribution in [0.2, 0.25) is 0 Å². The minimum Gasteiger partial charge on any atom is -0.496 e. The first-order chi connectivity index (χ1) is 6.63. The molecule has 3 nitrogen and oxygen atoms in total. The molecule has 3 heteroatoms. The second-order valence-electron chi connectivity index (χ2n) is 3.55. The highest BCUT2D eigenvalue weighted by Gasteiger charge is 2.03. The van der Waals surface area contributed by atoms with Gasteiger partial charge in [0, 0.05) is 13.6 Å². The molecule has 0 fully saturated rings. The molecule has 78 valence electrons. The minimum absolute atomic E-state index is 0.833. The van der Waals surface area contributed by atoms with Gasteiger partial charge in [0.25, 0.3) is 0 Å². The first-order valence-electron chi connectivity index (χ1n) is 4.73. The van der Waals surface area contributed by atoms with Crippen LogP contribution in [-0.4, -0.2) is 25.7 Å². The van der Waals surface area contributed by atoms with E-state index in [9.17, 15) is 0 Å². The zero-order chi connectivity index (χ0) is 10.6. The average molecular weight is 194 g/mol. The highest BCUT2D eigenvalue weighted by atomic mass is 16.5. The molecule has 0 aliphatic carbocycles. The van der Waals surface area contributed by atoms with Gasteiger partial charge in [-0.2, -0.15) is 0 Å². The van der Waals surface area contributed by atoms with E-state index >= 15 is 0 Å².